The summed E-state index contributed by atoms with van der Waals surface area (Å²) < 4.78 is 6.76. The fraction of sp³-hybridized carbons (Fsp3) is 0.417. The molecule has 0 fully saturated rings. The van der Waals surface area contributed by atoms with Crippen LogP contribution < -0.4 is 5.32 Å². The zero-order valence-corrected chi connectivity index (χ0v) is 10.5. The Balaban J connectivity index is 1.72. The van der Waals surface area contributed by atoms with Crippen LogP contribution in [0.5, 0.6) is 0 Å². The molecule has 0 aliphatic rings. The highest BCUT2D eigenvalue weighted by Gasteiger charge is 2.05. The van der Waals surface area contributed by atoms with Gasteiger partial charge >= 0.3 is 0 Å². The molecule has 18 heavy (non-hydrogen) atoms. The zero-order valence-electron chi connectivity index (χ0n) is 10.5. The summed E-state index contributed by atoms with van der Waals surface area (Å²) >= 11 is 0. The van der Waals surface area contributed by atoms with E-state index in [2.05, 4.69) is 15.6 Å². The lowest BCUT2D eigenvalue weighted by molar-refractivity contribution is -0.121. The lowest BCUT2D eigenvalue weighted by atomic mass is 10.3. The van der Waals surface area contributed by atoms with E-state index in [-0.39, 0.29) is 5.91 Å². The molecule has 2 heterocycles. The molecule has 0 spiro atoms. The van der Waals surface area contributed by atoms with E-state index in [0.29, 0.717) is 25.3 Å². The van der Waals surface area contributed by atoms with E-state index >= 15 is 0 Å². The van der Waals surface area contributed by atoms with Crippen LogP contribution in [0.3, 0.4) is 0 Å². The van der Waals surface area contributed by atoms with Gasteiger partial charge < -0.3 is 9.84 Å². The molecule has 0 aromatic carbocycles. The number of carbonyl (C=O) groups excluding carboxylic acids is 1. The second-order valence-corrected chi connectivity index (χ2v) is 4.18. The van der Waals surface area contributed by atoms with Gasteiger partial charge in [0.15, 0.2) is 5.76 Å². The number of rotatable bonds is 5. The lowest BCUT2D eigenvalue weighted by Gasteiger charge is -2.03. The SMILES string of the molecule is Cc1cc(CNC(=O)CCn2ccc(C)n2)on1. The Labute approximate surface area is 105 Å². The standard InChI is InChI=1S/C12H16N4O2/c1-9-3-5-16(14-9)6-4-12(17)13-8-11-7-10(2)15-18-11/h3,5,7H,4,6,8H2,1-2H3,(H,13,17). The molecule has 6 nitrogen and oxygen atoms in total. The molecule has 0 aliphatic heterocycles. The van der Waals surface area contributed by atoms with Gasteiger partial charge in [-0.3, -0.25) is 9.48 Å². The molecule has 0 radical (unpaired) electrons. The molecule has 0 saturated heterocycles. The number of amides is 1. The van der Waals surface area contributed by atoms with E-state index in [9.17, 15) is 4.79 Å². The molecule has 2 rings (SSSR count). The summed E-state index contributed by atoms with van der Waals surface area (Å²) in [6, 6.07) is 3.71. The number of nitrogens with zero attached hydrogens (tertiary/aromatic N) is 3. The van der Waals surface area contributed by atoms with E-state index in [1.165, 1.54) is 0 Å². The average Bonchev–Trinajstić information content (AvgIpc) is 2.93. The summed E-state index contributed by atoms with van der Waals surface area (Å²) in [5.74, 6) is 0.632. The van der Waals surface area contributed by atoms with Gasteiger partial charge in [-0.2, -0.15) is 5.10 Å². The molecule has 0 bridgehead atoms. The largest absolute Gasteiger partial charge is 0.359 e. The third kappa shape index (κ3) is 3.44. The van der Waals surface area contributed by atoms with Gasteiger partial charge in [-0.1, -0.05) is 5.16 Å². The number of aromatic nitrogens is 3. The van der Waals surface area contributed by atoms with Crippen LogP contribution in [0, 0.1) is 13.8 Å². The number of carbonyl (C=O) groups is 1. The van der Waals surface area contributed by atoms with Gasteiger partial charge in [-0.05, 0) is 19.9 Å². The first kappa shape index (κ1) is 12.3. The van der Waals surface area contributed by atoms with Crippen molar-refractivity contribution in [2.75, 3.05) is 0 Å². The van der Waals surface area contributed by atoms with E-state index in [1.807, 2.05) is 26.1 Å². The quantitative estimate of drug-likeness (QED) is 0.862. The van der Waals surface area contributed by atoms with Crippen molar-refractivity contribution in [3.63, 3.8) is 0 Å². The van der Waals surface area contributed by atoms with E-state index < -0.39 is 0 Å². The summed E-state index contributed by atoms with van der Waals surface area (Å²) in [4.78, 5) is 11.6. The molecule has 2 aromatic heterocycles. The molecule has 1 N–H and O–H groups in total. The highest BCUT2D eigenvalue weighted by atomic mass is 16.5. The fourth-order valence-electron chi connectivity index (χ4n) is 1.58. The minimum absolute atomic E-state index is 0.0304. The van der Waals surface area contributed by atoms with Crippen molar-refractivity contribution in [1.82, 2.24) is 20.3 Å². The molecule has 6 heteroatoms. The van der Waals surface area contributed by atoms with E-state index in [4.69, 9.17) is 4.52 Å². The van der Waals surface area contributed by atoms with Crippen LogP contribution >= 0.6 is 0 Å². The molecular weight excluding hydrogens is 232 g/mol. The van der Waals surface area contributed by atoms with Crippen LogP contribution in [0.2, 0.25) is 0 Å². The lowest BCUT2D eigenvalue weighted by Crippen LogP contribution is -2.23. The summed E-state index contributed by atoms with van der Waals surface area (Å²) in [6.45, 7) is 4.71. The molecule has 2 aromatic rings. The van der Waals surface area contributed by atoms with Gasteiger partial charge in [0.05, 0.1) is 17.9 Å². The average molecular weight is 248 g/mol. The Morgan fingerprint density at radius 3 is 2.89 bits per heavy atom. The molecule has 0 atom stereocenters. The van der Waals surface area contributed by atoms with Crippen LogP contribution in [-0.2, 0) is 17.9 Å². The number of hydrogen-bond acceptors (Lipinski definition) is 4. The van der Waals surface area contributed by atoms with Crippen LogP contribution in [-0.4, -0.2) is 20.8 Å². The number of nitrogens with one attached hydrogen (secondary N) is 1. The minimum Gasteiger partial charge on any atom is -0.359 e. The third-order valence-corrected chi connectivity index (χ3v) is 2.48. The van der Waals surface area contributed by atoms with Gasteiger partial charge in [-0.25, -0.2) is 0 Å². The Kier molecular flexibility index (Phi) is 3.76. The second-order valence-electron chi connectivity index (χ2n) is 4.18. The monoisotopic (exact) mass is 248 g/mol. The van der Waals surface area contributed by atoms with Crippen LogP contribution in [0.1, 0.15) is 23.6 Å². The van der Waals surface area contributed by atoms with E-state index in [1.54, 1.807) is 10.7 Å². The maximum absolute atomic E-state index is 11.6. The Morgan fingerprint density at radius 1 is 1.44 bits per heavy atom. The predicted molar refractivity (Wildman–Crippen MR) is 64.7 cm³/mol. The van der Waals surface area contributed by atoms with Gasteiger partial charge in [0.25, 0.3) is 0 Å². The second kappa shape index (κ2) is 5.48. The normalized spacial score (nSPS) is 10.6. The number of hydrogen-bond donors (Lipinski definition) is 1. The highest BCUT2D eigenvalue weighted by molar-refractivity contribution is 5.75. The van der Waals surface area contributed by atoms with Crippen molar-refractivity contribution >= 4 is 5.91 Å². The summed E-state index contributed by atoms with van der Waals surface area (Å²) in [7, 11) is 0. The van der Waals surface area contributed by atoms with E-state index in [0.717, 1.165) is 11.4 Å². The first-order valence-electron chi connectivity index (χ1n) is 5.82. The summed E-state index contributed by atoms with van der Waals surface area (Å²) in [6.07, 6.45) is 2.26. The van der Waals surface area contributed by atoms with Gasteiger partial charge in [0.1, 0.15) is 0 Å². The first-order valence-corrected chi connectivity index (χ1v) is 5.82. The van der Waals surface area contributed by atoms with Crippen molar-refractivity contribution in [3.8, 4) is 0 Å². The fourth-order valence-corrected chi connectivity index (χ4v) is 1.58. The van der Waals surface area contributed by atoms with Crippen molar-refractivity contribution in [2.24, 2.45) is 0 Å². The molecule has 96 valence electrons. The van der Waals surface area contributed by atoms with Crippen LogP contribution in [0.15, 0.2) is 22.9 Å². The van der Waals surface area contributed by atoms with Crippen LogP contribution in [0.4, 0.5) is 0 Å². The Morgan fingerprint density at radius 2 is 2.28 bits per heavy atom. The molecule has 0 aliphatic carbocycles. The predicted octanol–water partition coefficient (Wildman–Crippen LogP) is 1.19. The topological polar surface area (TPSA) is 73.0 Å². The summed E-state index contributed by atoms with van der Waals surface area (Å²) in [5, 5.41) is 10.7. The molecule has 0 unspecified atom stereocenters. The Bertz CT molecular complexity index is 483. The Hall–Kier alpha value is -2.11. The zero-order chi connectivity index (χ0) is 13.0. The molecule has 0 saturated carbocycles. The van der Waals surface area contributed by atoms with Crippen molar-refractivity contribution in [2.45, 2.75) is 33.4 Å². The minimum atomic E-state index is -0.0304. The first-order chi connectivity index (χ1) is 8.63. The van der Waals surface area contributed by atoms with Gasteiger partial charge in [0, 0.05) is 25.2 Å². The maximum atomic E-state index is 11.6. The summed E-state index contributed by atoms with van der Waals surface area (Å²) in [5.41, 5.74) is 1.76. The van der Waals surface area contributed by atoms with Gasteiger partial charge in [-0.15, -0.1) is 0 Å². The van der Waals surface area contributed by atoms with Crippen molar-refractivity contribution in [1.29, 1.82) is 0 Å². The van der Waals surface area contributed by atoms with Gasteiger partial charge in [0.2, 0.25) is 5.91 Å². The molecule has 1 amide bonds. The third-order valence-electron chi connectivity index (χ3n) is 2.48. The maximum Gasteiger partial charge on any atom is 0.222 e. The smallest absolute Gasteiger partial charge is 0.222 e. The van der Waals surface area contributed by atoms with Crippen molar-refractivity contribution in [3.05, 3.63) is 35.5 Å². The highest BCUT2D eigenvalue weighted by Crippen LogP contribution is 2.01. The van der Waals surface area contributed by atoms with Crippen LogP contribution in [0.25, 0.3) is 0 Å². The molecular formula is C12H16N4O2. The van der Waals surface area contributed by atoms with Crippen molar-refractivity contribution < 1.29 is 9.32 Å². The number of aryl methyl sites for hydroxylation is 3.